The van der Waals surface area contributed by atoms with Gasteiger partial charge in [-0.3, -0.25) is 4.99 Å². The van der Waals surface area contributed by atoms with Crippen molar-refractivity contribution >= 4 is 34.1 Å². The van der Waals surface area contributed by atoms with E-state index in [1.807, 2.05) is 56.3 Å². The molecule has 0 amide bonds. The van der Waals surface area contributed by atoms with Crippen molar-refractivity contribution in [3.63, 3.8) is 0 Å². The first-order valence-electron chi connectivity index (χ1n) is 12.5. The lowest BCUT2D eigenvalue weighted by atomic mass is 10.1. The Morgan fingerprint density at radius 2 is 1.95 bits per heavy atom. The smallest absolute Gasteiger partial charge is 0.243 e. The van der Waals surface area contributed by atoms with Gasteiger partial charge in [-0.15, -0.1) is 21.6 Å². The summed E-state index contributed by atoms with van der Waals surface area (Å²) in [6, 6.07) is 8.18. The number of ether oxygens (including phenoxy) is 1. The van der Waals surface area contributed by atoms with Crippen molar-refractivity contribution in [1.29, 1.82) is 10.5 Å². The largest absolute Gasteiger partial charge is 0.495 e. The van der Waals surface area contributed by atoms with E-state index < -0.39 is 0 Å². The Balaban J connectivity index is 1.94. The van der Waals surface area contributed by atoms with Crippen LogP contribution in [0.15, 0.2) is 58.4 Å². The number of thiophene rings is 1. The number of nitrogens with zero attached hydrogens (tertiary/aromatic N) is 9. The van der Waals surface area contributed by atoms with Gasteiger partial charge >= 0.3 is 0 Å². The molecule has 3 aromatic rings. The molecule has 0 atom stereocenters. The van der Waals surface area contributed by atoms with Crippen LogP contribution in [0.25, 0.3) is 0 Å². The number of aryl methyl sites for hydroxylation is 2. The SMILES string of the molecule is C/C=C\N(/C=N/C)CCN(CCn1cc[n+](C)c1)c1cc(C)c(/N=N/c2sc(C#N)c(C)c2C#N)cc1OC. The van der Waals surface area contributed by atoms with E-state index in [9.17, 15) is 10.5 Å². The summed E-state index contributed by atoms with van der Waals surface area (Å²) in [7, 11) is 5.41. The van der Waals surface area contributed by atoms with Gasteiger partial charge in [-0.05, 0) is 38.0 Å². The van der Waals surface area contributed by atoms with Gasteiger partial charge in [-0.1, -0.05) is 6.08 Å². The molecule has 0 unspecified atom stereocenters. The van der Waals surface area contributed by atoms with Crippen molar-refractivity contribution < 1.29 is 9.30 Å². The van der Waals surface area contributed by atoms with E-state index in [0.717, 1.165) is 37.4 Å². The highest BCUT2D eigenvalue weighted by atomic mass is 32.1. The maximum absolute atomic E-state index is 9.53. The quantitative estimate of drug-likeness (QED) is 0.135. The predicted molar refractivity (Wildman–Crippen MR) is 154 cm³/mol. The maximum atomic E-state index is 9.53. The number of hydrogen-bond acceptors (Lipinski definition) is 8. The van der Waals surface area contributed by atoms with Crippen LogP contribution in [0.5, 0.6) is 5.75 Å². The van der Waals surface area contributed by atoms with E-state index in [-0.39, 0.29) is 0 Å². The number of rotatable bonds is 12. The molecule has 0 N–H and O–H groups in total. The average molecular weight is 545 g/mol. The van der Waals surface area contributed by atoms with E-state index in [1.54, 1.807) is 21.1 Å². The van der Waals surface area contributed by atoms with E-state index in [0.29, 0.717) is 32.4 Å². The average Bonchev–Trinajstić information content (AvgIpc) is 3.49. The normalized spacial score (nSPS) is 11.4. The molecule has 3 rings (SSSR count). The summed E-state index contributed by atoms with van der Waals surface area (Å²) in [5.74, 6) is 0.676. The summed E-state index contributed by atoms with van der Waals surface area (Å²) in [6.07, 6.45) is 11.9. The maximum Gasteiger partial charge on any atom is 0.243 e. The van der Waals surface area contributed by atoms with Gasteiger partial charge in [0.1, 0.15) is 41.7 Å². The van der Waals surface area contributed by atoms with Gasteiger partial charge in [-0.2, -0.15) is 10.5 Å². The van der Waals surface area contributed by atoms with Crippen LogP contribution < -0.4 is 14.2 Å². The van der Waals surface area contributed by atoms with E-state index in [1.165, 1.54) is 11.3 Å². The van der Waals surface area contributed by atoms with Gasteiger partial charge < -0.3 is 14.5 Å². The number of azo groups is 1. The summed E-state index contributed by atoms with van der Waals surface area (Å²) in [5.41, 5.74) is 3.52. The fourth-order valence-electron chi connectivity index (χ4n) is 4.06. The fraction of sp³-hybridized carbons (Fsp3) is 0.357. The number of aliphatic imine (C=N–C) groups is 1. The summed E-state index contributed by atoms with van der Waals surface area (Å²) in [4.78, 5) is 8.99. The molecule has 10 nitrogen and oxygen atoms in total. The van der Waals surface area contributed by atoms with Crippen LogP contribution in [0.1, 0.15) is 28.5 Å². The number of methoxy groups -OCH3 is 1. The van der Waals surface area contributed by atoms with Crippen LogP contribution in [0, 0.1) is 36.5 Å². The molecule has 0 aliphatic rings. The number of benzene rings is 1. The lowest BCUT2D eigenvalue weighted by molar-refractivity contribution is -0.671. The zero-order chi connectivity index (χ0) is 28.4. The molecule has 2 heterocycles. The standard InChI is InChI=1S/C28H34N9OS/c1-7-8-35(19-31-4)11-13-37(14-12-36-10-9-34(5)20-36)25-15-21(2)24(16-26(25)38-6)32-33-28-23(17-29)22(3)27(18-30)39-28/h7-10,15-16,19-20H,11-14H2,1-6H3/q+1/b8-7-,31-19+,33-32+. The lowest BCUT2D eigenvalue weighted by Gasteiger charge is -2.28. The molecule has 0 radical (unpaired) electrons. The molecule has 39 heavy (non-hydrogen) atoms. The van der Waals surface area contributed by atoms with Crippen LogP contribution in [-0.2, 0) is 13.6 Å². The molecular weight excluding hydrogens is 510 g/mol. The fourth-order valence-corrected chi connectivity index (χ4v) is 4.93. The molecule has 2 aromatic heterocycles. The van der Waals surface area contributed by atoms with Gasteiger partial charge in [-0.25, -0.2) is 9.13 Å². The number of aromatic nitrogens is 2. The zero-order valence-corrected chi connectivity index (χ0v) is 24.1. The third-order valence-corrected chi connectivity index (χ3v) is 7.19. The van der Waals surface area contributed by atoms with E-state index in [4.69, 9.17) is 4.74 Å². The Kier molecular flexibility index (Phi) is 10.4. The molecule has 0 aliphatic heterocycles. The van der Waals surface area contributed by atoms with Gasteiger partial charge in [0.2, 0.25) is 6.33 Å². The summed E-state index contributed by atoms with van der Waals surface area (Å²) in [6.45, 7) is 8.74. The van der Waals surface area contributed by atoms with Crippen LogP contribution >= 0.6 is 11.3 Å². The van der Waals surface area contributed by atoms with Crippen molar-refractivity contribution in [3.8, 4) is 17.9 Å². The van der Waals surface area contributed by atoms with Crippen molar-refractivity contribution in [2.24, 2.45) is 22.3 Å². The van der Waals surface area contributed by atoms with Crippen molar-refractivity contribution in [3.05, 3.63) is 64.7 Å². The highest BCUT2D eigenvalue weighted by Crippen LogP contribution is 2.38. The first-order valence-corrected chi connectivity index (χ1v) is 13.3. The summed E-state index contributed by atoms with van der Waals surface area (Å²) < 4.78 is 9.99. The second-order valence-electron chi connectivity index (χ2n) is 8.87. The first kappa shape index (κ1) is 29.1. The summed E-state index contributed by atoms with van der Waals surface area (Å²) >= 11 is 1.17. The van der Waals surface area contributed by atoms with Crippen molar-refractivity contribution in [1.82, 2.24) is 9.47 Å². The Labute approximate surface area is 234 Å². The van der Waals surface area contributed by atoms with Crippen LogP contribution in [0.2, 0.25) is 0 Å². The van der Waals surface area contributed by atoms with Gasteiger partial charge in [0.15, 0.2) is 5.00 Å². The monoisotopic (exact) mass is 544 g/mol. The first-order chi connectivity index (χ1) is 18.8. The number of allylic oxidation sites excluding steroid dienone is 1. The minimum atomic E-state index is 0.382. The second-order valence-corrected chi connectivity index (χ2v) is 9.87. The van der Waals surface area contributed by atoms with Crippen LogP contribution in [-0.4, -0.2) is 49.6 Å². The third-order valence-electron chi connectivity index (χ3n) is 6.11. The lowest BCUT2D eigenvalue weighted by Crippen LogP contribution is -2.35. The van der Waals surface area contributed by atoms with Crippen molar-refractivity contribution in [2.45, 2.75) is 27.3 Å². The van der Waals surface area contributed by atoms with Crippen molar-refractivity contribution in [2.75, 3.05) is 38.7 Å². The topological polar surface area (TPSA) is 109 Å². The highest BCUT2D eigenvalue weighted by molar-refractivity contribution is 7.16. The molecule has 0 saturated carbocycles. The minimum Gasteiger partial charge on any atom is -0.495 e. The number of anilines is 1. The Bertz CT molecular complexity index is 1440. The van der Waals surface area contributed by atoms with Gasteiger partial charge in [0.05, 0.1) is 44.0 Å². The Hall–Kier alpha value is -4.48. The summed E-state index contributed by atoms with van der Waals surface area (Å²) in [5, 5.41) is 28.1. The van der Waals surface area contributed by atoms with Crippen LogP contribution in [0.3, 0.4) is 0 Å². The second kappa shape index (κ2) is 13.9. The van der Waals surface area contributed by atoms with Gasteiger partial charge in [0, 0.05) is 32.4 Å². The molecule has 1 aromatic carbocycles. The van der Waals surface area contributed by atoms with E-state index >= 15 is 0 Å². The molecule has 11 heteroatoms. The minimum absolute atomic E-state index is 0.382. The molecule has 0 aliphatic carbocycles. The van der Waals surface area contributed by atoms with Gasteiger partial charge in [0.25, 0.3) is 0 Å². The molecule has 202 valence electrons. The molecule has 0 fully saturated rings. The van der Waals surface area contributed by atoms with E-state index in [2.05, 4.69) is 60.3 Å². The molecular formula is C28H34N9OS+. The number of imidazole rings is 1. The Morgan fingerprint density at radius 3 is 2.56 bits per heavy atom. The number of hydrogen-bond donors (Lipinski definition) is 0. The Morgan fingerprint density at radius 1 is 1.15 bits per heavy atom. The third kappa shape index (κ3) is 7.30. The predicted octanol–water partition coefficient (Wildman–Crippen LogP) is 5.16. The molecule has 0 saturated heterocycles. The zero-order valence-electron chi connectivity index (χ0n) is 23.3. The van der Waals surface area contributed by atoms with Crippen LogP contribution in [0.4, 0.5) is 16.4 Å². The number of nitriles is 2. The molecule has 0 bridgehead atoms. The highest BCUT2D eigenvalue weighted by Gasteiger charge is 2.18. The molecule has 0 spiro atoms.